The molecule has 0 atom stereocenters. The van der Waals surface area contributed by atoms with Crippen LogP contribution in [0.3, 0.4) is 0 Å². The minimum atomic E-state index is -0.532. The summed E-state index contributed by atoms with van der Waals surface area (Å²) in [6.07, 6.45) is 0. The van der Waals surface area contributed by atoms with Crippen LogP contribution in [0.2, 0.25) is 0 Å². The first-order valence-corrected chi connectivity index (χ1v) is 26.1. The van der Waals surface area contributed by atoms with Crippen LogP contribution in [0.4, 0.5) is 17.1 Å². The molecule has 14 aromatic rings. The van der Waals surface area contributed by atoms with Gasteiger partial charge in [0.2, 0.25) is 0 Å². The molecule has 0 unspecified atom stereocenters. The quantitative estimate of drug-likeness (QED) is 0.144. The maximum Gasteiger partial charge on any atom is 0.143 e. The van der Waals surface area contributed by atoms with Gasteiger partial charge in [0.05, 0.1) is 11.1 Å². The number of hydrogen-bond donors (Lipinski definition) is 0. The van der Waals surface area contributed by atoms with Crippen LogP contribution in [0, 0.1) is 0 Å². The maximum absolute atomic E-state index is 6.42. The third-order valence-corrected chi connectivity index (χ3v) is 15.8. The van der Waals surface area contributed by atoms with Gasteiger partial charge in [-0.05, 0) is 121 Å². The molecule has 0 spiro atoms. The van der Waals surface area contributed by atoms with E-state index in [2.05, 4.69) is 266 Å². The van der Waals surface area contributed by atoms with Gasteiger partial charge in [-0.15, -0.1) is 0 Å². The Labute approximate surface area is 440 Å². The molecule has 1 aliphatic carbocycles. The van der Waals surface area contributed by atoms with E-state index in [0.717, 1.165) is 99.9 Å². The van der Waals surface area contributed by atoms with Gasteiger partial charge >= 0.3 is 0 Å². The zero-order chi connectivity index (χ0) is 50.2. The van der Waals surface area contributed by atoms with Crippen molar-refractivity contribution < 1.29 is 8.83 Å². The predicted molar refractivity (Wildman–Crippen MR) is 315 cm³/mol. The van der Waals surface area contributed by atoms with E-state index in [1.165, 1.54) is 38.9 Å². The molecular formula is C73H47NO2. The second kappa shape index (κ2) is 17.6. The molecule has 0 saturated heterocycles. The molecule has 0 bridgehead atoms. The fraction of sp³-hybridized carbons (Fsp3) is 0.0137. The number of benzene rings is 12. The van der Waals surface area contributed by atoms with E-state index >= 15 is 0 Å². The summed E-state index contributed by atoms with van der Waals surface area (Å²) in [5.41, 5.74) is 23.0. The molecule has 3 nitrogen and oxygen atoms in total. The van der Waals surface area contributed by atoms with Crippen LogP contribution in [0.5, 0.6) is 0 Å². The average molecular weight is 970 g/mol. The molecule has 356 valence electrons. The fourth-order valence-corrected chi connectivity index (χ4v) is 12.3. The summed E-state index contributed by atoms with van der Waals surface area (Å²) in [4.78, 5) is 2.45. The van der Waals surface area contributed by atoms with E-state index in [1.807, 2.05) is 24.3 Å². The van der Waals surface area contributed by atoms with Gasteiger partial charge in [0.1, 0.15) is 22.3 Å². The Balaban J connectivity index is 0.829. The van der Waals surface area contributed by atoms with Gasteiger partial charge in [-0.2, -0.15) is 0 Å². The molecule has 12 aromatic carbocycles. The number of furan rings is 2. The van der Waals surface area contributed by atoms with E-state index in [1.54, 1.807) is 0 Å². The highest BCUT2D eigenvalue weighted by molar-refractivity contribution is 6.10. The van der Waals surface area contributed by atoms with Crippen LogP contribution in [-0.4, -0.2) is 0 Å². The molecule has 0 aliphatic heterocycles. The van der Waals surface area contributed by atoms with Crippen molar-refractivity contribution in [3.8, 4) is 55.6 Å². The molecule has 3 heteroatoms. The molecule has 0 amide bonds. The van der Waals surface area contributed by atoms with Crippen LogP contribution in [-0.2, 0) is 5.41 Å². The first-order valence-electron chi connectivity index (χ1n) is 26.1. The summed E-state index contributed by atoms with van der Waals surface area (Å²) in [5, 5.41) is 4.54. The molecule has 0 radical (unpaired) electrons. The van der Waals surface area contributed by atoms with Crippen LogP contribution in [0.15, 0.2) is 294 Å². The number of rotatable bonds is 9. The standard InChI is InChI=1S/C73H47NO2/c1-3-15-55(16-4-1)73(56-17-5-2-6-18-56)65-24-10-7-21-63(65)71-66(73)25-14-26-67(71)74(57-42-37-50(38-43-57)48-29-31-52(32-30-48)54-41-46-70-64(47-54)61-20-9-11-27-68(61)75-70)58-44-39-51(40-45-58)49-33-35-53(36-34-49)59-22-13-23-62-60-19-8-12-28-69(60)76-72(59)62/h1-47H. The molecule has 0 N–H and O–H groups in total. The van der Waals surface area contributed by atoms with Gasteiger partial charge in [0.15, 0.2) is 0 Å². The van der Waals surface area contributed by atoms with Crippen molar-refractivity contribution in [3.05, 3.63) is 307 Å². The fourth-order valence-electron chi connectivity index (χ4n) is 12.3. The summed E-state index contributed by atoms with van der Waals surface area (Å²) in [7, 11) is 0. The van der Waals surface area contributed by atoms with Crippen molar-refractivity contribution in [3.63, 3.8) is 0 Å². The number of hydrogen-bond acceptors (Lipinski definition) is 3. The van der Waals surface area contributed by atoms with Crippen LogP contribution in [0.25, 0.3) is 99.5 Å². The number of para-hydroxylation sites is 3. The normalized spacial score (nSPS) is 12.6. The highest BCUT2D eigenvalue weighted by Crippen LogP contribution is 2.59. The highest BCUT2D eigenvalue weighted by atomic mass is 16.3. The van der Waals surface area contributed by atoms with Crippen molar-refractivity contribution in [2.45, 2.75) is 5.41 Å². The topological polar surface area (TPSA) is 29.5 Å². The zero-order valence-electron chi connectivity index (χ0n) is 41.4. The van der Waals surface area contributed by atoms with Gasteiger partial charge in [-0.25, -0.2) is 0 Å². The molecule has 76 heavy (non-hydrogen) atoms. The minimum Gasteiger partial charge on any atom is -0.456 e. The van der Waals surface area contributed by atoms with Gasteiger partial charge < -0.3 is 13.7 Å². The first kappa shape index (κ1) is 43.6. The molecule has 15 rings (SSSR count). The van der Waals surface area contributed by atoms with Gasteiger partial charge in [-0.1, -0.05) is 231 Å². The third kappa shape index (κ3) is 6.90. The molecule has 0 saturated carbocycles. The smallest absolute Gasteiger partial charge is 0.143 e. The summed E-state index contributed by atoms with van der Waals surface area (Å²) in [5.74, 6) is 0. The molecule has 2 aromatic heterocycles. The molecule has 0 fully saturated rings. The number of fused-ring (bicyclic) bond motifs is 9. The van der Waals surface area contributed by atoms with Crippen LogP contribution < -0.4 is 4.90 Å². The minimum absolute atomic E-state index is 0.532. The van der Waals surface area contributed by atoms with Crippen molar-refractivity contribution >= 4 is 60.9 Å². The molecule has 1 aliphatic rings. The lowest BCUT2D eigenvalue weighted by molar-refractivity contribution is 0.669. The van der Waals surface area contributed by atoms with E-state index in [0.29, 0.717) is 0 Å². The van der Waals surface area contributed by atoms with Crippen molar-refractivity contribution in [2.24, 2.45) is 0 Å². The number of nitrogens with zero attached hydrogens (tertiary/aromatic N) is 1. The Bertz CT molecular complexity index is 4430. The first-order chi connectivity index (χ1) is 37.7. The van der Waals surface area contributed by atoms with Crippen LogP contribution >= 0.6 is 0 Å². The third-order valence-electron chi connectivity index (χ3n) is 15.8. The Morgan fingerprint density at radius 1 is 0.276 bits per heavy atom. The van der Waals surface area contributed by atoms with Crippen molar-refractivity contribution in [1.82, 2.24) is 0 Å². The zero-order valence-corrected chi connectivity index (χ0v) is 41.4. The van der Waals surface area contributed by atoms with Crippen LogP contribution in [0.1, 0.15) is 22.3 Å². The second-order valence-electron chi connectivity index (χ2n) is 19.9. The van der Waals surface area contributed by atoms with Crippen molar-refractivity contribution in [1.29, 1.82) is 0 Å². The highest BCUT2D eigenvalue weighted by Gasteiger charge is 2.47. The second-order valence-corrected chi connectivity index (χ2v) is 19.9. The average Bonchev–Trinajstić information content (AvgIpc) is 4.33. The van der Waals surface area contributed by atoms with E-state index in [9.17, 15) is 0 Å². The summed E-state index contributed by atoms with van der Waals surface area (Å²) < 4.78 is 12.6. The monoisotopic (exact) mass is 969 g/mol. The van der Waals surface area contributed by atoms with Gasteiger partial charge in [0.25, 0.3) is 0 Å². The maximum atomic E-state index is 6.42. The Morgan fingerprint density at radius 2 is 0.711 bits per heavy atom. The Kier molecular flexibility index (Phi) is 10.1. The predicted octanol–water partition coefficient (Wildman–Crippen LogP) is 20.0. The van der Waals surface area contributed by atoms with Crippen molar-refractivity contribution in [2.75, 3.05) is 4.90 Å². The molecule has 2 heterocycles. The van der Waals surface area contributed by atoms with E-state index in [4.69, 9.17) is 8.83 Å². The summed E-state index contributed by atoms with van der Waals surface area (Å²) in [6.45, 7) is 0. The largest absolute Gasteiger partial charge is 0.456 e. The van der Waals surface area contributed by atoms with E-state index < -0.39 is 5.41 Å². The SMILES string of the molecule is c1ccc(C2(c3ccccc3)c3ccccc3-c3c(N(c4ccc(-c5ccc(-c6ccc7oc8ccccc8c7c6)cc5)cc4)c4ccc(-c5ccc(-c6cccc7c6oc6ccccc67)cc5)cc4)cccc32)cc1. The Hall–Kier alpha value is -9.96. The summed E-state index contributed by atoms with van der Waals surface area (Å²) in [6, 6.07) is 103. The van der Waals surface area contributed by atoms with Gasteiger partial charge in [-0.3, -0.25) is 0 Å². The summed E-state index contributed by atoms with van der Waals surface area (Å²) >= 11 is 0. The molecular weight excluding hydrogens is 923 g/mol. The number of anilines is 3. The lowest BCUT2D eigenvalue weighted by Gasteiger charge is -2.34. The van der Waals surface area contributed by atoms with E-state index in [-0.39, 0.29) is 0 Å². The van der Waals surface area contributed by atoms with Gasteiger partial charge in [0, 0.05) is 44.0 Å². The Morgan fingerprint density at radius 3 is 1.34 bits per heavy atom. The lowest BCUT2D eigenvalue weighted by Crippen LogP contribution is -2.28. The lowest BCUT2D eigenvalue weighted by atomic mass is 9.68.